The van der Waals surface area contributed by atoms with E-state index >= 15 is 0 Å². The van der Waals surface area contributed by atoms with Crippen LogP contribution in [0.4, 0.5) is 0 Å². The molecule has 0 aromatic rings. The van der Waals surface area contributed by atoms with E-state index in [2.05, 4.69) is 39.9 Å². The zero-order chi connectivity index (χ0) is 13.3. The first-order valence-corrected chi connectivity index (χ1v) is 6.83. The molecule has 0 rings (SSSR count). The second kappa shape index (κ2) is 9.46. The Bertz CT molecular complexity index is 194. The van der Waals surface area contributed by atoms with Gasteiger partial charge < -0.3 is 10.1 Å². The first kappa shape index (κ1) is 16.4. The highest BCUT2D eigenvalue weighted by atomic mass is 16.5. The van der Waals surface area contributed by atoms with E-state index < -0.39 is 0 Å². The minimum atomic E-state index is 0.104. The monoisotopic (exact) mass is 243 g/mol. The number of carbonyl (C=O) groups is 1. The first-order chi connectivity index (χ1) is 7.99. The second-order valence-electron chi connectivity index (χ2n) is 5.32. The quantitative estimate of drug-likeness (QED) is 0.632. The molecule has 0 aromatic carbocycles. The maximum atomic E-state index is 11.6. The van der Waals surface area contributed by atoms with Crippen molar-refractivity contribution in [2.24, 2.45) is 17.8 Å². The maximum absolute atomic E-state index is 11.6. The average Bonchev–Trinajstić information content (AvgIpc) is 2.23. The summed E-state index contributed by atoms with van der Waals surface area (Å²) in [6.07, 6.45) is 1.48. The van der Waals surface area contributed by atoms with E-state index in [-0.39, 0.29) is 5.91 Å². The fraction of sp³-hybridized carbons (Fsp3) is 0.929. The summed E-state index contributed by atoms with van der Waals surface area (Å²) in [6.45, 7) is 13.0. The minimum Gasteiger partial charge on any atom is -0.381 e. The predicted octanol–water partition coefficient (Wildman–Crippen LogP) is 2.85. The lowest BCUT2D eigenvalue weighted by Gasteiger charge is -2.25. The molecular weight excluding hydrogens is 214 g/mol. The van der Waals surface area contributed by atoms with Crippen LogP contribution < -0.4 is 5.32 Å². The third kappa shape index (κ3) is 8.19. The molecule has 0 aliphatic heterocycles. The Balaban J connectivity index is 3.73. The molecule has 3 heteroatoms. The Labute approximate surface area is 106 Å². The van der Waals surface area contributed by atoms with Crippen molar-refractivity contribution in [3.63, 3.8) is 0 Å². The summed E-state index contributed by atoms with van der Waals surface area (Å²) in [5.41, 5.74) is 0. The van der Waals surface area contributed by atoms with Crippen LogP contribution in [0.15, 0.2) is 0 Å². The highest BCUT2D eigenvalue weighted by Crippen LogP contribution is 2.19. The lowest BCUT2D eigenvalue weighted by atomic mass is 9.85. The summed E-state index contributed by atoms with van der Waals surface area (Å²) < 4.78 is 5.29. The number of carbonyl (C=O) groups excluding carboxylic acids is 1. The molecule has 1 N–H and O–H groups in total. The molecule has 3 nitrogen and oxygen atoms in total. The molecule has 0 radical (unpaired) electrons. The van der Waals surface area contributed by atoms with Gasteiger partial charge in [0.2, 0.25) is 5.91 Å². The average molecular weight is 243 g/mol. The van der Waals surface area contributed by atoms with Gasteiger partial charge in [-0.05, 0) is 24.2 Å². The SMILES string of the molecule is CCCOCCC(=O)NCC(C(C)C)C(C)C. The topological polar surface area (TPSA) is 38.3 Å². The van der Waals surface area contributed by atoms with E-state index in [4.69, 9.17) is 4.74 Å². The Hall–Kier alpha value is -0.570. The molecule has 0 aromatic heterocycles. The zero-order valence-electron chi connectivity index (χ0n) is 12.1. The van der Waals surface area contributed by atoms with Gasteiger partial charge in [0.1, 0.15) is 0 Å². The molecule has 17 heavy (non-hydrogen) atoms. The number of nitrogens with one attached hydrogen (secondary N) is 1. The van der Waals surface area contributed by atoms with Crippen molar-refractivity contribution in [2.75, 3.05) is 19.8 Å². The standard InChI is InChI=1S/C14H29NO2/c1-6-8-17-9-7-14(16)15-10-13(11(2)3)12(4)5/h11-13H,6-10H2,1-5H3,(H,15,16). The molecule has 1 amide bonds. The van der Waals surface area contributed by atoms with E-state index in [1.54, 1.807) is 0 Å². The Morgan fingerprint density at radius 3 is 2.18 bits per heavy atom. The zero-order valence-corrected chi connectivity index (χ0v) is 12.1. The number of amides is 1. The summed E-state index contributed by atoms with van der Waals surface area (Å²) in [5.74, 6) is 1.86. The van der Waals surface area contributed by atoms with E-state index in [9.17, 15) is 4.79 Å². The molecule has 0 atom stereocenters. The van der Waals surface area contributed by atoms with Gasteiger partial charge in [0.05, 0.1) is 6.61 Å². The van der Waals surface area contributed by atoms with Crippen LogP contribution in [-0.4, -0.2) is 25.7 Å². The fourth-order valence-electron chi connectivity index (χ4n) is 1.97. The van der Waals surface area contributed by atoms with Crippen LogP contribution >= 0.6 is 0 Å². The second-order valence-corrected chi connectivity index (χ2v) is 5.32. The summed E-state index contributed by atoms with van der Waals surface area (Å²) >= 11 is 0. The Kier molecular flexibility index (Phi) is 9.14. The summed E-state index contributed by atoms with van der Waals surface area (Å²) in [4.78, 5) is 11.6. The highest BCUT2D eigenvalue weighted by Gasteiger charge is 2.17. The van der Waals surface area contributed by atoms with Crippen molar-refractivity contribution in [1.82, 2.24) is 5.32 Å². The van der Waals surface area contributed by atoms with Crippen LogP contribution in [0.2, 0.25) is 0 Å². The minimum absolute atomic E-state index is 0.104. The van der Waals surface area contributed by atoms with E-state index in [1.807, 2.05) is 0 Å². The Morgan fingerprint density at radius 2 is 1.71 bits per heavy atom. The van der Waals surface area contributed by atoms with Gasteiger partial charge in [0.15, 0.2) is 0 Å². The molecule has 0 saturated carbocycles. The van der Waals surface area contributed by atoms with Gasteiger partial charge in [0, 0.05) is 19.6 Å². The van der Waals surface area contributed by atoms with Crippen LogP contribution in [0.25, 0.3) is 0 Å². The molecule has 0 bridgehead atoms. The van der Waals surface area contributed by atoms with Crippen molar-refractivity contribution >= 4 is 5.91 Å². The maximum Gasteiger partial charge on any atom is 0.222 e. The third-order valence-corrected chi connectivity index (χ3v) is 3.07. The molecular formula is C14H29NO2. The lowest BCUT2D eigenvalue weighted by molar-refractivity contribution is -0.122. The van der Waals surface area contributed by atoms with Crippen LogP contribution in [0.1, 0.15) is 47.5 Å². The first-order valence-electron chi connectivity index (χ1n) is 6.83. The molecule has 0 fully saturated rings. The molecule has 0 heterocycles. The van der Waals surface area contributed by atoms with Gasteiger partial charge in [0.25, 0.3) is 0 Å². The van der Waals surface area contributed by atoms with Gasteiger partial charge in [-0.1, -0.05) is 34.6 Å². The summed E-state index contributed by atoms with van der Waals surface area (Å²) in [7, 11) is 0. The molecule has 102 valence electrons. The van der Waals surface area contributed by atoms with Crippen LogP contribution in [0.3, 0.4) is 0 Å². The third-order valence-electron chi connectivity index (χ3n) is 3.07. The van der Waals surface area contributed by atoms with Gasteiger partial charge in [-0.2, -0.15) is 0 Å². The largest absolute Gasteiger partial charge is 0.381 e. The van der Waals surface area contributed by atoms with Crippen LogP contribution in [-0.2, 0) is 9.53 Å². The Morgan fingerprint density at radius 1 is 1.12 bits per heavy atom. The van der Waals surface area contributed by atoms with Crippen LogP contribution in [0, 0.1) is 17.8 Å². The summed E-state index contributed by atoms with van der Waals surface area (Å²) in [5, 5.41) is 3.00. The van der Waals surface area contributed by atoms with E-state index in [0.717, 1.165) is 19.6 Å². The number of rotatable bonds is 9. The van der Waals surface area contributed by atoms with Crippen molar-refractivity contribution < 1.29 is 9.53 Å². The van der Waals surface area contributed by atoms with Gasteiger partial charge >= 0.3 is 0 Å². The van der Waals surface area contributed by atoms with Crippen molar-refractivity contribution in [3.8, 4) is 0 Å². The van der Waals surface area contributed by atoms with Gasteiger partial charge in [-0.3, -0.25) is 4.79 Å². The summed E-state index contributed by atoms with van der Waals surface area (Å²) in [6, 6.07) is 0. The van der Waals surface area contributed by atoms with E-state index in [0.29, 0.717) is 30.8 Å². The molecule has 0 unspecified atom stereocenters. The number of hydrogen-bond donors (Lipinski definition) is 1. The van der Waals surface area contributed by atoms with Crippen molar-refractivity contribution in [3.05, 3.63) is 0 Å². The van der Waals surface area contributed by atoms with E-state index in [1.165, 1.54) is 0 Å². The van der Waals surface area contributed by atoms with Crippen LogP contribution in [0.5, 0.6) is 0 Å². The van der Waals surface area contributed by atoms with Crippen molar-refractivity contribution in [2.45, 2.75) is 47.5 Å². The van der Waals surface area contributed by atoms with Crippen molar-refractivity contribution in [1.29, 1.82) is 0 Å². The number of ether oxygens (including phenoxy) is 1. The van der Waals surface area contributed by atoms with Gasteiger partial charge in [-0.25, -0.2) is 0 Å². The lowest BCUT2D eigenvalue weighted by Crippen LogP contribution is -2.34. The fourth-order valence-corrected chi connectivity index (χ4v) is 1.97. The highest BCUT2D eigenvalue weighted by molar-refractivity contribution is 5.75. The number of hydrogen-bond acceptors (Lipinski definition) is 2. The normalized spacial score (nSPS) is 11.5. The predicted molar refractivity (Wildman–Crippen MR) is 71.9 cm³/mol. The smallest absolute Gasteiger partial charge is 0.222 e. The molecule has 0 aliphatic carbocycles. The van der Waals surface area contributed by atoms with Gasteiger partial charge in [-0.15, -0.1) is 0 Å². The molecule has 0 aliphatic rings. The molecule has 0 spiro atoms. The molecule has 0 saturated heterocycles.